The van der Waals surface area contributed by atoms with Gasteiger partial charge < -0.3 is 5.32 Å². The summed E-state index contributed by atoms with van der Waals surface area (Å²) in [6.45, 7) is 6.01. The fraction of sp³-hybridized carbons (Fsp3) is 0.714. The van der Waals surface area contributed by atoms with Gasteiger partial charge in [-0.05, 0) is 38.3 Å². The maximum Gasteiger partial charge on any atom is 0.200 e. The zero-order valence-corrected chi connectivity index (χ0v) is 11.4. The summed E-state index contributed by atoms with van der Waals surface area (Å²) in [7, 11) is 0. The second-order valence-electron chi connectivity index (χ2n) is 5.13. The molecular formula is C14H23N3O. The topological polar surface area (TPSA) is 46.9 Å². The first kappa shape index (κ1) is 13.3. The Hall–Kier alpha value is -1.16. The fourth-order valence-corrected chi connectivity index (χ4v) is 2.91. The average Bonchev–Trinajstić information content (AvgIpc) is 2.99. The fourth-order valence-electron chi connectivity index (χ4n) is 2.91. The molecule has 0 radical (unpaired) electrons. The van der Waals surface area contributed by atoms with E-state index in [4.69, 9.17) is 0 Å². The van der Waals surface area contributed by atoms with Crippen LogP contribution in [0, 0.1) is 0 Å². The number of aromatic nitrogens is 2. The number of Topliss-reactive ketones (excluding diaryl/α,β-unsaturated/α-hetero) is 1. The molecule has 0 spiro atoms. The molecule has 0 aromatic carbocycles. The number of hydrogen-bond acceptors (Lipinski definition) is 3. The van der Waals surface area contributed by atoms with E-state index in [0.29, 0.717) is 0 Å². The highest BCUT2D eigenvalue weighted by molar-refractivity contribution is 6.02. The quantitative estimate of drug-likeness (QED) is 0.787. The van der Waals surface area contributed by atoms with Gasteiger partial charge in [0.15, 0.2) is 0 Å². The summed E-state index contributed by atoms with van der Waals surface area (Å²) < 4.78 is 1.85. The summed E-state index contributed by atoms with van der Waals surface area (Å²) >= 11 is 0. The molecule has 0 aliphatic carbocycles. The van der Waals surface area contributed by atoms with Crippen LogP contribution < -0.4 is 5.32 Å². The molecule has 2 rings (SSSR count). The highest BCUT2D eigenvalue weighted by Gasteiger charge is 2.41. The molecule has 0 amide bonds. The second-order valence-corrected chi connectivity index (χ2v) is 5.13. The zero-order chi connectivity index (χ0) is 13.0. The lowest BCUT2D eigenvalue weighted by Gasteiger charge is -2.27. The Bertz CT molecular complexity index is 405. The third-order valence-electron chi connectivity index (χ3n) is 3.74. The number of ketones is 1. The third-order valence-corrected chi connectivity index (χ3v) is 3.74. The maximum absolute atomic E-state index is 12.8. The third kappa shape index (κ3) is 2.34. The molecule has 4 heteroatoms. The van der Waals surface area contributed by atoms with Gasteiger partial charge in [0.05, 0.1) is 5.54 Å². The van der Waals surface area contributed by atoms with Crippen molar-refractivity contribution >= 4 is 5.78 Å². The van der Waals surface area contributed by atoms with Crippen LogP contribution in [0.25, 0.3) is 0 Å². The van der Waals surface area contributed by atoms with Gasteiger partial charge in [-0.2, -0.15) is 5.10 Å². The maximum atomic E-state index is 12.8. The summed E-state index contributed by atoms with van der Waals surface area (Å²) in [5.74, 6) is 0.229. The van der Waals surface area contributed by atoms with Crippen LogP contribution in [0.5, 0.6) is 0 Å². The summed E-state index contributed by atoms with van der Waals surface area (Å²) in [5, 5.41) is 7.70. The first-order valence-electron chi connectivity index (χ1n) is 7.05. The van der Waals surface area contributed by atoms with Gasteiger partial charge in [0.1, 0.15) is 5.69 Å². The number of carbonyl (C=O) groups excluding carboxylic acids is 1. The van der Waals surface area contributed by atoms with E-state index in [2.05, 4.69) is 24.3 Å². The summed E-state index contributed by atoms with van der Waals surface area (Å²) in [4.78, 5) is 12.8. The van der Waals surface area contributed by atoms with E-state index in [-0.39, 0.29) is 11.3 Å². The Labute approximate surface area is 109 Å². The molecule has 1 aromatic heterocycles. The number of nitrogens with zero attached hydrogens (tertiary/aromatic N) is 2. The number of aryl methyl sites for hydroxylation is 1. The summed E-state index contributed by atoms with van der Waals surface area (Å²) in [6.07, 6.45) is 6.72. The van der Waals surface area contributed by atoms with Crippen LogP contribution in [0.15, 0.2) is 12.3 Å². The average molecular weight is 249 g/mol. The van der Waals surface area contributed by atoms with E-state index in [1.165, 1.54) is 0 Å². The SMILES string of the molecule is CCCn1nccc1C(=O)C1(CCC)CCCN1. The number of nitrogens with one attached hydrogen (secondary N) is 1. The minimum Gasteiger partial charge on any atom is -0.305 e. The summed E-state index contributed by atoms with van der Waals surface area (Å²) in [5.41, 5.74) is 0.431. The van der Waals surface area contributed by atoms with Crippen LogP contribution in [0.4, 0.5) is 0 Å². The lowest BCUT2D eigenvalue weighted by molar-refractivity contribution is 0.0846. The monoisotopic (exact) mass is 249 g/mol. The van der Waals surface area contributed by atoms with Gasteiger partial charge in [0.2, 0.25) is 5.78 Å². The molecule has 2 heterocycles. The zero-order valence-electron chi connectivity index (χ0n) is 11.4. The molecule has 0 bridgehead atoms. The highest BCUT2D eigenvalue weighted by Crippen LogP contribution is 2.28. The lowest BCUT2D eigenvalue weighted by atomic mass is 9.85. The van der Waals surface area contributed by atoms with Crippen LogP contribution in [-0.4, -0.2) is 27.6 Å². The first-order chi connectivity index (χ1) is 8.73. The normalized spacial score (nSPS) is 23.4. The van der Waals surface area contributed by atoms with Gasteiger partial charge in [0.25, 0.3) is 0 Å². The molecule has 1 saturated heterocycles. The molecule has 1 aromatic rings. The van der Waals surface area contributed by atoms with Crippen LogP contribution in [0.3, 0.4) is 0 Å². The molecular weight excluding hydrogens is 226 g/mol. The predicted molar refractivity (Wildman–Crippen MR) is 71.7 cm³/mol. The smallest absolute Gasteiger partial charge is 0.200 e. The Kier molecular flexibility index (Phi) is 4.17. The molecule has 0 saturated carbocycles. The van der Waals surface area contributed by atoms with E-state index in [0.717, 1.165) is 50.9 Å². The van der Waals surface area contributed by atoms with Crippen molar-refractivity contribution in [2.24, 2.45) is 0 Å². The highest BCUT2D eigenvalue weighted by atomic mass is 16.1. The molecule has 1 atom stereocenters. The second kappa shape index (κ2) is 5.65. The van der Waals surface area contributed by atoms with Gasteiger partial charge in [-0.1, -0.05) is 20.3 Å². The lowest BCUT2D eigenvalue weighted by Crippen LogP contribution is -2.48. The first-order valence-corrected chi connectivity index (χ1v) is 7.05. The van der Waals surface area contributed by atoms with Crippen LogP contribution in [0.1, 0.15) is 56.4 Å². The predicted octanol–water partition coefficient (Wildman–Crippen LogP) is 2.40. The molecule has 1 aliphatic rings. The molecule has 1 aliphatic heterocycles. The Morgan fingerprint density at radius 2 is 2.33 bits per heavy atom. The Balaban J connectivity index is 2.25. The van der Waals surface area contributed by atoms with E-state index < -0.39 is 0 Å². The van der Waals surface area contributed by atoms with Crippen molar-refractivity contribution in [2.75, 3.05) is 6.54 Å². The van der Waals surface area contributed by atoms with E-state index in [1.807, 2.05) is 10.7 Å². The molecule has 18 heavy (non-hydrogen) atoms. The molecule has 4 nitrogen and oxygen atoms in total. The van der Waals surface area contributed by atoms with Crippen LogP contribution in [0.2, 0.25) is 0 Å². The van der Waals surface area contributed by atoms with Crippen LogP contribution in [-0.2, 0) is 6.54 Å². The number of carbonyl (C=O) groups is 1. The Morgan fingerprint density at radius 3 is 2.94 bits per heavy atom. The van der Waals surface area contributed by atoms with Crippen molar-refractivity contribution in [1.29, 1.82) is 0 Å². The molecule has 1 fully saturated rings. The van der Waals surface area contributed by atoms with E-state index in [1.54, 1.807) is 6.20 Å². The van der Waals surface area contributed by atoms with Gasteiger partial charge in [-0.3, -0.25) is 9.48 Å². The Morgan fingerprint density at radius 1 is 1.50 bits per heavy atom. The van der Waals surface area contributed by atoms with Gasteiger partial charge in [0, 0.05) is 12.7 Å². The minimum atomic E-state index is -0.333. The van der Waals surface area contributed by atoms with E-state index >= 15 is 0 Å². The van der Waals surface area contributed by atoms with Gasteiger partial charge >= 0.3 is 0 Å². The van der Waals surface area contributed by atoms with Crippen molar-refractivity contribution in [3.05, 3.63) is 18.0 Å². The van der Waals surface area contributed by atoms with Crippen LogP contribution >= 0.6 is 0 Å². The largest absolute Gasteiger partial charge is 0.305 e. The van der Waals surface area contributed by atoms with Gasteiger partial charge in [-0.15, -0.1) is 0 Å². The molecule has 1 unspecified atom stereocenters. The van der Waals surface area contributed by atoms with Gasteiger partial charge in [-0.25, -0.2) is 0 Å². The van der Waals surface area contributed by atoms with E-state index in [9.17, 15) is 4.79 Å². The van der Waals surface area contributed by atoms with Crippen molar-refractivity contribution in [3.8, 4) is 0 Å². The number of hydrogen-bond donors (Lipinski definition) is 1. The van der Waals surface area contributed by atoms with Crippen molar-refractivity contribution in [3.63, 3.8) is 0 Å². The van der Waals surface area contributed by atoms with Crippen molar-refractivity contribution in [2.45, 2.75) is 58.0 Å². The molecule has 1 N–H and O–H groups in total. The van der Waals surface area contributed by atoms with Crippen molar-refractivity contribution in [1.82, 2.24) is 15.1 Å². The van der Waals surface area contributed by atoms with Crippen molar-refractivity contribution < 1.29 is 4.79 Å². The molecule has 100 valence electrons. The standard InChI is InChI=1S/C14H23N3O/c1-3-7-14(8-5-9-15-14)13(18)12-6-10-16-17(12)11-4-2/h6,10,15H,3-5,7-9,11H2,1-2H3. The number of rotatable bonds is 6. The summed E-state index contributed by atoms with van der Waals surface area (Å²) in [6, 6.07) is 1.86. The minimum absolute atomic E-state index is 0.229.